The highest BCUT2D eigenvalue weighted by molar-refractivity contribution is 5.78. The number of carbonyl (C=O) groups excluding carboxylic acids is 2. The van der Waals surface area contributed by atoms with Crippen LogP contribution in [-0.4, -0.2) is 58.9 Å². The molecule has 0 spiro atoms. The molecule has 0 heterocycles. The van der Waals surface area contributed by atoms with E-state index in [4.69, 9.17) is 9.47 Å². The van der Waals surface area contributed by atoms with Crippen molar-refractivity contribution in [3.8, 4) is 0 Å². The fourth-order valence-electron chi connectivity index (χ4n) is 2.31. The zero-order chi connectivity index (χ0) is 19.1. The van der Waals surface area contributed by atoms with Crippen LogP contribution < -0.4 is 0 Å². The highest BCUT2D eigenvalue weighted by Gasteiger charge is 2.35. The molecular formula is C18H35NO5. The van der Waals surface area contributed by atoms with Crippen molar-refractivity contribution >= 4 is 11.9 Å². The zero-order valence-corrected chi connectivity index (χ0v) is 16.5. The van der Waals surface area contributed by atoms with Crippen LogP contribution in [0.25, 0.3) is 0 Å². The van der Waals surface area contributed by atoms with Crippen molar-refractivity contribution in [1.29, 1.82) is 0 Å². The summed E-state index contributed by atoms with van der Waals surface area (Å²) in [6.45, 7) is 14.7. The van der Waals surface area contributed by atoms with Crippen LogP contribution in [0.1, 0.15) is 61.8 Å². The van der Waals surface area contributed by atoms with Gasteiger partial charge in [-0.1, -0.05) is 20.3 Å². The smallest absolute Gasteiger partial charge is 0.324 e. The maximum atomic E-state index is 12.6. The van der Waals surface area contributed by atoms with E-state index in [1.54, 1.807) is 25.7 Å². The third kappa shape index (κ3) is 9.23. The molecule has 0 rings (SSSR count). The van der Waals surface area contributed by atoms with Crippen molar-refractivity contribution in [2.45, 2.75) is 79.1 Å². The summed E-state index contributed by atoms with van der Waals surface area (Å²) in [4.78, 5) is 26.5. The van der Waals surface area contributed by atoms with Gasteiger partial charge in [-0.3, -0.25) is 14.5 Å². The SMILES string of the molecule is CCC(C)[C@@H](C(=O)OC(C)(C)C)N(CCO)CC(=O)OC(C)(C)C. The van der Waals surface area contributed by atoms with Crippen LogP contribution >= 0.6 is 0 Å². The van der Waals surface area contributed by atoms with Crippen molar-refractivity contribution in [1.82, 2.24) is 4.90 Å². The second-order valence-corrected chi connectivity index (χ2v) is 8.14. The molecule has 6 heteroatoms. The van der Waals surface area contributed by atoms with E-state index < -0.39 is 23.2 Å². The van der Waals surface area contributed by atoms with Gasteiger partial charge < -0.3 is 14.6 Å². The summed E-state index contributed by atoms with van der Waals surface area (Å²) in [6, 6.07) is -0.603. The van der Waals surface area contributed by atoms with Crippen LogP contribution in [0.2, 0.25) is 0 Å². The van der Waals surface area contributed by atoms with Crippen molar-refractivity contribution in [3.05, 3.63) is 0 Å². The maximum absolute atomic E-state index is 12.6. The van der Waals surface area contributed by atoms with Gasteiger partial charge in [0.1, 0.15) is 17.2 Å². The lowest BCUT2D eigenvalue weighted by Crippen LogP contribution is -2.51. The van der Waals surface area contributed by atoms with Gasteiger partial charge in [-0.15, -0.1) is 0 Å². The van der Waals surface area contributed by atoms with Crippen LogP contribution in [0.3, 0.4) is 0 Å². The normalized spacial score (nSPS) is 15.1. The molecule has 1 N–H and O–H groups in total. The van der Waals surface area contributed by atoms with Gasteiger partial charge in [0.2, 0.25) is 0 Å². The summed E-state index contributed by atoms with van der Waals surface area (Å²) < 4.78 is 10.9. The van der Waals surface area contributed by atoms with E-state index >= 15 is 0 Å². The zero-order valence-electron chi connectivity index (χ0n) is 16.5. The van der Waals surface area contributed by atoms with Crippen LogP contribution in [0.4, 0.5) is 0 Å². The first-order chi connectivity index (χ1) is 10.8. The molecule has 24 heavy (non-hydrogen) atoms. The molecule has 0 aliphatic heterocycles. The first-order valence-corrected chi connectivity index (χ1v) is 8.60. The Morgan fingerprint density at radius 1 is 1.04 bits per heavy atom. The average Bonchev–Trinajstić information content (AvgIpc) is 2.34. The quantitative estimate of drug-likeness (QED) is 0.681. The Labute approximate surface area is 146 Å². The number of esters is 2. The minimum Gasteiger partial charge on any atom is -0.459 e. The fraction of sp³-hybridized carbons (Fsp3) is 0.889. The van der Waals surface area contributed by atoms with E-state index in [9.17, 15) is 14.7 Å². The molecule has 0 aromatic heterocycles. The van der Waals surface area contributed by atoms with E-state index in [1.807, 2.05) is 34.6 Å². The molecule has 0 saturated carbocycles. The summed E-state index contributed by atoms with van der Waals surface area (Å²) in [5.74, 6) is -0.824. The minimum atomic E-state index is -0.612. The molecule has 6 nitrogen and oxygen atoms in total. The van der Waals surface area contributed by atoms with Gasteiger partial charge in [0.15, 0.2) is 0 Å². The van der Waals surface area contributed by atoms with Gasteiger partial charge in [-0.25, -0.2) is 0 Å². The molecular weight excluding hydrogens is 310 g/mol. The van der Waals surface area contributed by atoms with Crippen molar-refractivity contribution in [3.63, 3.8) is 0 Å². The van der Waals surface area contributed by atoms with Gasteiger partial charge in [-0.05, 0) is 47.5 Å². The molecule has 0 saturated heterocycles. The monoisotopic (exact) mass is 345 g/mol. The summed E-state index contributed by atoms with van der Waals surface area (Å²) in [6.07, 6.45) is 0.750. The lowest BCUT2D eigenvalue weighted by Gasteiger charge is -2.35. The van der Waals surface area contributed by atoms with E-state index in [0.717, 1.165) is 6.42 Å². The Bertz CT molecular complexity index is 409. The lowest BCUT2D eigenvalue weighted by atomic mass is 9.97. The Morgan fingerprint density at radius 2 is 1.54 bits per heavy atom. The molecule has 0 fully saturated rings. The number of rotatable bonds is 8. The van der Waals surface area contributed by atoms with Gasteiger partial charge in [0.05, 0.1) is 13.2 Å². The molecule has 0 aromatic carbocycles. The van der Waals surface area contributed by atoms with E-state index in [1.165, 1.54) is 0 Å². The van der Waals surface area contributed by atoms with Gasteiger partial charge in [0.25, 0.3) is 0 Å². The first kappa shape index (κ1) is 22.9. The van der Waals surface area contributed by atoms with Crippen molar-refractivity contribution in [2.24, 2.45) is 5.92 Å². The van der Waals surface area contributed by atoms with Crippen LogP contribution in [0.5, 0.6) is 0 Å². The highest BCUT2D eigenvalue weighted by Crippen LogP contribution is 2.20. The van der Waals surface area contributed by atoms with Gasteiger partial charge in [0, 0.05) is 6.54 Å². The Morgan fingerprint density at radius 3 is 1.92 bits per heavy atom. The van der Waals surface area contributed by atoms with Crippen LogP contribution in [-0.2, 0) is 19.1 Å². The Balaban J connectivity index is 5.32. The molecule has 142 valence electrons. The number of nitrogens with zero attached hydrogens (tertiary/aromatic N) is 1. The largest absolute Gasteiger partial charge is 0.459 e. The van der Waals surface area contributed by atoms with E-state index in [-0.39, 0.29) is 31.6 Å². The van der Waals surface area contributed by atoms with Crippen LogP contribution in [0, 0.1) is 5.92 Å². The van der Waals surface area contributed by atoms with Crippen molar-refractivity contribution < 1.29 is 24.2 Å². The number of aliphatic hydroxyl groups is 1. The molecule has 0 aliphatic carbocycles. The number of hydrogen-bond donors (Lipinski definition) is 1. The summed E-state index contributed by atoms with van der Waals surface area (Å²) in [5, 5.41) is 9.35. The van der Waals surface area contributed by atoms with Gasteiger partial charge >= 0.3 is 11.9 Å². The molecule has 0 aromatic rings. The first-order valence-electron chi connectivity index (χ1n) is 8.60. The molecule has 1 unspecified atom stereocenters. The Kier molecular flexibility index (Phi) is 8.93. The van der Waals surface area contributed by atoms with Crippen LogP contribution in [0.15, 0.2) is 0 Å². The topological polar surface area (TPSA) is 76.1 Å². The molecule has 2 atom stereocenters. The molecule has 0 aliphatic rings. The van der Waals surface area contributed by atoms with E-state index in [0.29, 0.717) is 0 Å². The predicted molar refractivity (Wildman–Crippen MR) is 93.6 cm³/mol. The summed E-state index contributed by atoms with van der Waals surface area (Å²) >= 11 is 0. The van der Waals surface area contributed by atoms with Crippen molar-refractivity contribution in [2.75, 3.05) is 19.7 Å². The second kappa shape index (κ2) is 9.37. The number of ether oxygens (including phenoxy) is 2. The summed E-state index contributed by atoms with van der Waals surface area (Å²) in [7, 11) is 0. The lowest BCUT2D eigenvalue weighted by molar-refractivity contribution is -0.167. The number of hydrogen-bond acceptors (Lipinski definition) is 6. The third-order valence-electron chi connectivity index (χ3n) is 3.36. The van der Waals surface area contributed by atoms with E-state index in [2.05, 4.69) is 0 Å². The number of carbonyl (C=O) groups is 2. The number of aliphatic hydroxyl groups excluding tert-OH is 1. The maximum Gasteiger partial charge on any atom is 0.324 e. The predicted octanol–water partition coefficient (Wildman–Crippen LogP) is 2.38. The Hall–Kier alpha value is -1.14. The molecule has 0 amide bonds. The summed E-state index contributed by atoms with van der Waals surface area (Å²) in [5.41, 5.74) is -1.21. The second-order valence-electron chi connectivity index (χ2n) is 8.14. The standard InChI is InChI=1S/C18H35NO5/c1-9-13(2)15(16(22)24-18(6,7)8)19(10-11-20)12-14(21)23-17(3,4)5/h13,15,20H,9-12H2,1-8H3/t13?,15-/m0/s1. The van der Waals surface area contributed by atoms with Gasteiger partial charge in [-0.2, -0.15) is 0 Å². The average molecular weight is 345 g/mol. The third-order valence-corrected chi connectivity index (χ3v) is 3.36. The molecule has 0 radical (unpaired) electrons. The molecule has 0 bridgehead atoms. The highest BCUT2D eigenvalue weighted by atomic mass is 16.6. The fourth-order valence-corrected chi connectivity index (χ4v) is 2.31. The minimum absolute atomic E-state index is 0.0196.